The molecular weight excluding hydrogens is 503 g/mol. The summed E-state index contributed by atoms with van der Waals surface area (Å²) in [4.78, 5) is 31.3. The van der Waals surface area contributed by atoms with Gasteiger partial charge in [0.15, 0.2) is 0 Å². The minimum absolute atomic E-state index is 0.180. The number of carboxylic acids is 1. The molecule has 2 aliphatic heterocycles. The maximum atomic E-state index is 15.8. The van der Waals surface area contributed by atoms with Crippen molar-refractivity contribution in [2.75, 3.05) is 51.8 Å². The second kappa shape index (κ2) is 13.7. The number of halogens is 1. The summed E-state index contributed by atoms with van der Waals surface area (Å²) in [6, 6.07) is 9.58. The van der Waals surface area contributed by atoms with Gasteiger partial charge in [0.2, 0.25) is 0 Å². The predicted molar refractivity (Wildman–Crippen MR) is 146 cm³/mol. The normalized spacial score (nSPS) is 19.9. The molecule has 212 valence electrons. The third-order valence-electron chi connectivity index (χ3n) is 7.38. The Kier molecular flexibility index (Phi) is 10.1. The number of rotatable bonds is 13. The van der Waals surface area contributed by atoms with Crippen LogP contribution in [0.2, 0.25) is 0 Å². The molecular formula is C29H39FN4O5. The molecule has 3 heterocycles. The molecule has 10 heteroatoms. The van der Waals surface area contributed by atoms with E-state index in [2.05, 4.69) is 16.7 Å². The number of carbonyl (C=O) groups is 2. The average molecular weight is 543 g/mol. The fraction of sp³-hybridized carbons (Fsp3) is 0.552. The highest BCUT2D eigenvalue weighted by Crippen LogP contribution is 2.31. The number of aryl methyl sites for hydroxylation is 2. The first-order valence-corrected chi connectivity index (χ1v) is 13.7. The summed E-state index contributed by atoms with van der Waals surface area (Å²) in [7, 11) is 1.57. The Bertz CT molecular complexity index is 1130. The molecule has 1 aromatic carbocycles. The van der Waals surface area contributed by atoms with Crippen molar-refractivity contribution in [3.8, 4) is 5.75 Å². The lowest BCUT2D eigenvalue weighted by atomic mass is 9.89. The highest BCUT2D eigenvalue weighted by molar-refractivity contribution is 5.96. The number of pyridine rings is 1. The van der Waals surface area contributed by atoms with Crippen molar-refractivity contribution in [3.63, 3.8) is 0 Å². The van der Waals surface area contributed by atoms with E-state index in [9.17, 15) is 14.7 Å². The van der Waals surface area contributed by atoms with E-state index < -0.39 is 23.6 Å². The van der Waals surface area contributed by atoms with Gasteiger partial charge in [-0.15, -0.1) is 0 Å². The number of methoxy groups -OCH3 is 1. The summed E-state index contributed by atoms with van der Waals surface area (Å²) in [6.07, 6.45) is 4.41. The molecule has 2 aromatic rings. The summed E-state index contributed by atoms with van der Waals surface area (Å²) >= 11 is 0. The van der Waals surface area contributed by atoms with Gasteiger partial charge in [0, 0.05) is 38.0 Å². The lowest BCUT2D eigenvalue weighted by Gasteiger charge is -2.38. The third kappa shape index (κ3) is 8.37. The van der Waals surface area contributed by atoms with Gasteiger partial charge >= 0.3 is 5.97 Å². The van der Waals surface area contributed by atoms with Crippen molar-refractivity contribution in [1.29, 1.82) is 0 Å². The van der Waals surface area contributed by atoms with Crippen LogP contribution in [0.5, 0.6) is 5.75 Å². The number of likely N-dealkylation sites (tertiary alicyclic amines) is 1. The fourth-order valence-corrected chi connectivity index (χ4v) is 5.21. The van der Waals surface area contributed by atoms with Crippen LogP contribution in [0.1, 0.15) is 53.7 Å². The van der Waals surface area contributed by atoms with E-state index >= 15 is 4.39 Å². The fourth-order valence-electron chi connectivity index (χ4n) is 5.21. The standard InChI is InChI=1S/C29H39FN4O5/c1-38-17-18-39-24-7-2-5-22(19-24)27(35)33-25(28(36)37)11-16-34-15-4-12-29(30,20-34)13-10-23-9-8-21-6-3-14-31-26(21)32-23/h2,5,7-9,19,25H,3-4,6,10-18,20H2,1H3,(H,31,32)(H,33,35)(H,36,37). The van der Waals surface area contributed by atoms with Gasteiger partial charge in [-0.3, -0.25) is 4.79 Å². The molecule has 0 aliphatic carbocycles. The summed E-state index contributed by atoms with van der Waals surface area (Å²) in [5.74, 6) is -0.193. The van der Waals surface area contributed by atoms with E-state index in [0.717, 1.165) is 30.9 Å². The molecule has 0 saturated carbocycles. The van der Waals surface area contributed by atoms with E-state index in [-0.39, 0.29) is 13.0 Å². The zero-order chi connectivity index (χ0) is 27.7. The van der Waals surface area contributed by atoms with Crippen molar-refractivity contribution in [2.24, 2.45) is 0 Å². The number of hydrogen-bond donors (Lipinski definition) is 3. The maximum absolute atomic E-state index is 15.8. The van der Waals surface area contributed by atoms with Crippen molar-refractivity contribution >= 4 is 17.7 Å². The molecule has 0 bridgehead atoms. The minimum atomic E-state index is -1.35. The second-order valence-electron chi connectivity index (χ2n) is 10.4. The van der Waals surface area contributed by atoms with E-state index in [1.165, 1.54) is 5.56 Å². The Labute approximate surface area is 229 Å². The zero-order valence-electron chi connectivity index (χ0n) is 22.6. The average Bonchev–Trinajstić information content (AvgIpc) is 2.94. The third-order valence-corrected chi connectivity index (χ3v) is 7.38. The Morgan fingerprint density at radius 2 is 2.13 bits per heavy atom. The van der Waals surface area contributed by atoms with Crippen molar-refractivity contribution in [1.82, 2.24) is 15.2 Å². The lowest BCUT2D eigenvalue weighted by Crippen LogP contribution is -2.48. The molecule has 2 atom stereocenters. The molecule has 3 N–H and O–H groups in total. The van der Waals surface area contributed by atoms with Crippen LogP contribution in [0.4, 0.5) is 10.2 Å². The van der Waals surface area contributed by atoms with Crippen molar-refractivity contribution in [2.45, 2.75) is 56.7 Å². The Hall–Kier alpha value is -3.24. The van der Waals surface area contributed by atoms with Crippen LogP contribution >= 0.6 is 0 Å². The number of hydrogen-bond acceptors (Lipinski definition) is 7. The van der Waals surface area contributed by atoms with Gasteiger partial charge < -0.3 is 30.1 Å². The Balaban J connectivity index is 1.28. The summed E-state index contributed by atoms with van der Waals surface area (Å²) in [5, 5.41) is 15.7. The highest BCUT2D eigenvalue weighted by atomic mass is 19.1. The smallest absolute Gasteiger partial charge is 0.326 e. The number of aromatic nitrogens is 1. The van der Waals surface area contributed by atoms with Gasteiger partial charge in [0.25, 0.3) is 5.91 Å². The van der Waals surface area contributed by atoms with Gasteiger partial charge in [0.05, 0.1) is 6.61 Å². The first-order chi connectivity index (χ1) is 18.8. The molecule has 0 radical (unpaired) electrons. The van der Waals surface area contributed by atoms with E-state index in [1.54, 1.807) is 31.4 Å². The van der Waals surface area contributed by atoms with Gasteiger partial charge in [-0.05, 0) is 81.3 Å². The Morgan fingerprint density at radius 1 is 1.26 bits per heavy atom. The molecule has 4 rings (SSSR count). The van der Waals surface area contributed by atoms with Crippen LogP contribution in [0.15, 0.2) is 36.4 Å². The number of aliphatic carboxylic acids is 1. The summed E-state index contributed by atoms with van der Waals surface area (Å²) < 4.78 is 26.3. The number of amides is 1. The molecule has 9 nitrogen and oxygen atoms in total. The number of carboxylic acid groups (broad SMARTS) is 1. The van der Waals surface area contributed by atoms with Crippen LogP contribution in [-0.4, -0.2) is 85.1 Å². The van der Waals surface area contributed by atoms with Crippen molar-refractivity contribution < 1.29 is 28.6 Å². The maximum Gasteiger partial charge on any atom is 0.326 e. The minimum Gasteiger partial charge on any atom is -0.491 e. The number of ether oxygens (including phenoxy) is 2. The predicted octanol–water partition coefficient (Wildman–Crippen LogP) is 3.47. The number of fused-ring (bicyclic) bond motifs is 1. The number of anilines is 1. The first kappa shape index (κ1) is 28.8. The number of alkyl halides is 1. The molecule has 39 heavy (non-hydrogen) atoms. The number of carbonyl (C=O) groups excluding carboxylic acids is 1. The van der Waals surface area contributed by atoms with Crippen LogP contribution in [0.3, 0.4) is 0 Å². The number of piperidine rings is 1. The number of benzene rings is 1. The van der Waals surface area contributed by atoms with Crippen molar-refractivity contribution in [3.05, 3.63) is 53.2 Å². The zero-order valence-corrected chi connectivity index (χ0v) is 22.6. The topological polar surface area (TPSA) is 113 Å². The molecule has 2 unspecified atom stereocenters. The number of nitrogens with zero attached hydrogens (tertiary/aromatic N) is 2. The van der Waals surface area contributed by atoms with E-state index in [1.807, 2.05) is 11.0 Å². The van der Waals surface area contributed by atoms with Gasteiger partial charge in [-0.25, -0.2) is 14.2 Å². The first-order valence-electron chi connectivity index (χ1n) is 13.7. The molecule has 1 saturated heterocycles. The Morgan fingerprint density at radius 3 is 2.95 bits per heavy atom. The van der Waals surface area contributed by atoms with Gasteiger partial charge in [0.1, 0.15) is 29.9 Å². The summed E-state index contributed by atoms with van der Waals surface area (Å²) in [6.45, 7) is 3.00. The molecule has 1 aromatic heterocycles. The molecule has 1 fully saturated rings. The van der Waals surface area contributed by atoms with Gasteiger partial charge in [-0.1, -0.05) is 12.1 Å². The van der Waals surface area contributed by atoms with Crippen LogP contribution in [-0.2, 0) is 22.4 Å². The van der Waals surface area contributed by atoms with Crippen LogP contribution < -0.4 is 15.4 Å². The summed E-state index contributed by atoms with van der Waals surface area (Å²) in [5.41, 5.74) is 1.06. The van der Waals surface area contributed by atoms with Crippen LogP contribution in [0.25, 0.3) is 0 Å². The van der Waals surface area contributed by atoms with Crippen LogP contribution in [0, 0.1) is 0 Å². The molecule has 0 spiro atoms. The lowest BCUT2D eigenvalue weighted by molar-refractivity contribution is -0.139. The highest BCUT2D eigenvalue weighted by Gasteiger charge is 2.35. The van der Waals surface area contributed by atoms with E-state index in [4.69, 9.17) is 14.5 Å². The number of nitrogens with one attached hydrogen (secondary N) is 2. The van der Waals surface area contributed by atoms with E-state index in [0.29, 0.717) is 63.3 Å². The SMILES string of the molecule is COCCOc1cccc(C(=O)NC(CCN2CCCC(F)(CCc3ccc4c(n3)NCCC4)C2)C(=O)O)c1. The molecule has 2 aliphatic rings. The molecule has 1 amide bonds. The quantitative estimate of drug-likeness (QED) is 0.330. The monoisotopic (exact) mass is 542 g/mol. The largest absolute Gasteiger partial charge is 0.491 e. The second-order valence-corrected chi connectivity index (χ2v) is 10.4. The van der Waals surface area contributed by atoms with Gasteiger partial charge in [-0.2, -0.15) is 0 Å².